The number of ether oxygens (including phenoxy) is 1. The average molecular weight is 326 g/mol. The van der Waals surface area contributed by atoms with Crippen LogP contribution >= 0.6 is 11.8 Å². The van der Waals surface area contributed by atoms with Gasteiger partial charge in [0, 0.05) is 15.3 Å². The monoisotopic (exact) mass is 326 g/mol. The van der Waals surface area contributed by atoms with Gasteiger partial charge in [-0.2, -0.15) is 5.26 Å². The Kier molecular flexibility index (Phi) is 5.30. The second-order valence-electron chi connectivity index (χ2n) is 5.98. The molecule has 2 aromatic rings. The smallest absolute Gasteiger partial charge is 0.410 e. The van der Waals surface area contributed by atoms with Crippen LogP contribution in [0.25, 0.3) is 0 Å². The number of nitrogens with one attached hydrogen (secondary N) is 1. The van der Waals surface area contributed by atoms with E-state index >= 15 is 0 Å². The number of rotatable bonds is 3. The van der Waals surface area contributed by atoms with Crippen LogP contribution in [0.4, 0.5) is 4.79 Å². The van der Waals surface area contributed by atoms with Gasteiger partial charge in [0.15, 0.2) is 0 Å². The highest BCUT2D eigenvalue weighted by molar-refractivity contribution is 7.99. The van der Waals surface area contributed by atoms with Crippen LogP contribution in [0, 0.1) is 11.3 Å². The highest BCUT2D eigenvalue weighted by atomic mass is 32.2. The van der Waals surface area contributed by atoms with Gasteiger partial charge in [-0.15, -0.1) is 0 Å². The lowest BCUT2D eigenvalue weighted by molar-refractivity contribution is 0.190. The first kappa shape index (κ1) is 16.9. The first-order chi connectivity index (χ1) is 10.9. The number of carbonyl (C=O) groups is 1. The number of nitriles is 1. The molecule has 0 heterocycles. The van der Waals surface area contributed by atoms with Crippen LogP contribution in [0.1, 0.15) is 26.3 Å². The molecule has 0 aromatic heterocycles. The average Bonchev–Trinajstić information content (AvgIpc) is 2.45. The van der Waals surface area contributed by atoms with Crippen LogP contribution in [0.5, 0.6) is 5.75 Å². The van der Waals surface area contributed by atoms with Gasteiger partial charge in [0.05, 0.1) is 11.6 Å². The maximum absolute atomic E-state index is 11.8. The first-order valence-corrected chi connectivity index (χ1v) is 7.95. The van der Waals surface area contributed by atoms with E-state index in [0.717, 1.165) is 9.79 Å². The fraction of sp³-hybridized carbons (Fsp3) is 0.222. The Bertz CT molecular complexity index is 745. The quantitative estimate of drug-likeness (QED) is 0.895. The Morgan fingerprint density at radius 2 is 1.78 bits per heavy atom. The number of amides is 1. The molecular formula is C18H18N2O2S. The van der Waals surface area contributed by atoms with Gasteiger partial charge in [0.1, 0.15) is 5.75 Å². The van der Waals surface area contributed by atoms with Gasteiger partial charge in [-0.1, -0.05) is 23.9 Å². The van der Waals surface area contributed by atoms with Crippen molar-refractivity contribution in [3.63, 3.8) is 0 Å². The van der Waals surface area contributed by atoms with Gasteiger partial charge in [0.2, 0.25) is 0 Å². The molecule has 118 valence electrons. The second-order valence-corrected chi connectivity index (χ2v) is 7.13. The zero-order valence-electron chi connectivity index (χ0n) is 13.3. The lowest BCUT2D eigenvalue weighted by Crippen LogP contribution is -2.42. The molecule has 2 rings (SSSR count). The van der Waals surface area contributed by atoms with Crippen molar-refractivity contribution in [2.24, 2.45) is 0 Å². The summed E-state index contributed by atoms with van der Waals surface area (Å²) in [5.41, 5.74) is 0.272. The fourth-order valence-corrected chi connectivity index (χ4v) is 2.73. The molecule has 5 heteroatoms. The molecule has 0 fully saturated rings. The van der Waals surface area contributed by atoms with Crippen molar-refractivity contribution in [2.45, 2.75) is 36.1 Å². The minimum Gasteiger partial charge on any atom is -0.410 e. The summed E-state index contributed by atoms with van der Waals surface area (Å²) in [7, 11) is 0. The van der Waals surface area contributed by atoms with Crippen molar-refractivity contribution in [3.8, 4) is 11.8 Å². The lowest BCUT2D eigenvalue weighted by Gasteiger charge is -2.19. The number of hydrogen-bond donors (Lipinski definition) is 1. The van der Waals surface area contributed by atoms with Gasteiger partial charge in [-0.05, 0) is 57.2 Å². The molecule has 1 amide bonds. The first-order valence-electron chi connectivity index (χ1n) is 7.14. The molecule has 0 aliphatic rings. The minimum absolute atomic E-state index is 0.346. The summed E-state index contributed by atoms with van der Waals surface area (Å²) in [6.45, 7) is 5.67. The van der Waals surface area contributed by atoms with Crippen molar-refractivity contribution in [2.75, 3.05) is 0 Å². The summed E-state index contributed by atoms with van der Waals surface area (Å²) in [6.07, 6.45) is -0.480. The molecular weight excluding hydrogens is 308 g/mol. The van der Waals surface area contributed by atoms with E-state index in [-0.39, 0.29) is 5.54 Å². The predicted molar refractivity (Wildman–Crippen MR) is 90.6 cm³/mol. The summed E-state index contributed by atoms with van der Waals surface area (Å²) in [6, 6.07) is 16.8. The molecule has 0 atom stereocenters. The van der Waals surface area contributed by atoms with E-state index in [1.807, 2.05) is 51.1 Å². The third-order valence-electron chi connectivity index (χ3n) is 2.69. The van der Waals surface area contributed by atoms with Crippen LogP contribution in [0.15, 0.2) is 58.3 Å². The molecule has 2 aromatic carbocycles. The van der Waals surface area contributed by atoms with Crippen molar-refractivity contribution in [1.29, 1.82) is 5.26 Å². The second kappa shape index (κ2) is 7.21. The Balaban J connectivity index is 2.08. The molecule has 1 N–H and O–H groups in total. The molecule has 0 aliphatic heterocycles. The normalized spacial score (nSPS) is 10.7. The van der Waals surface area contributed by atoms with Crippen molar-refractivity contribution < 1.29 is 9.53 Å². The van der Waals surface area contributed by atoms with Crippen LogP contribution in [0.3, 0.4) is 0 Å². The van der Waals surface area contributed by atoms with Crippen molar-refractivity contribution in [3.05, 3.63) is 54.1 Å². The van der Waals surface area contributed by atoms with Crippen LogP contribution in [0.2, 0.25) is 0 Å². The molecule has 4 nitrogen and oxygen atoms in total. The lowest BCUT2D eigenvalue weighted by atomic mass is 10.1. The summed E-state index contributed by atoms with van der Waals surface area (Å²) in [4.78, 5) is 13.7. The third kappa shape index (κ3) is 5.68. The largest absolute Gasteiger partial charge is 0.413 e. The van der Waals surface area contributed by atoms with Crippen LogP contribution < -0.4 is 10.1 Å². The number of hydrogen-bond acceptors (Lipinski definition) is 4. The Labute approximate surface area is 140 Å². The molecule has 0 saturated carbocycles. The van der Waals surface area contributed by atoms with E-state index in [2.05, 4.69) is 11.4 Å². The van der Waals surface area contributed by atoms with E-state index in [0.29, 0.717) is 11.3 Å². The Morgan fingerprint density at radius 3 is 2.43 bits per heavy atom. The minimum atomic E-state index is -0.480. The molecule has 0 unspecified atom stereocenters. The zero-order valence-corrected chi connectivity index (χ0v) is 14.1. The van der Waals surface area contributed by atoms with Gasteiger partial charge in [-0.25, -0.2) is 4.79 Å². The molecule has 0 aliphatic carbocycles. The highest BCUT2D eigenvalue weighted by Gasteiger charge is 2.15. The number of nitrogens with zero attached hydrogens (tertiary/aromatic N) is 1. The highest BCUT2D eigenvalue weighted by Crippen LogP contribution is 2.30. The molecule has 0 saturated heterocycles. The van der Waals surface area contributed by atoms with E-state index in [1.54, 1.807) is 18.2 Å². The number of carbonyl (C=O) groups excluding carboxylic acids is 1. The van der Waals surface area contributed by atoms with Crippen molar-refractivity contribution >= 4 is 17.9 Å². The fourth-order valence-electron chi connectivity index (χ4n) is 1.81. The molecule has 0 radical (unpaired) electrons. The predicted octanol–water partition coefficient (Wildman–Crippen LogP) is 4.60. The number of benzene rings is 2. The SMILES string of the molecule is CC(C)(C)NC(=O)Oc1cccc(Sc2cccc(C#N)c2)c1. The summed E-state index contributed by atoms with van der Waals surface area (Å²) >= 11 is 1.51. The van der Waals surface area contributed by atoms with Crippen LogP contribution in [-0.4, -0.2) is 11.6 Å². The van der Waals surface area contributed by atoms with Gasteiger partial charge < -0.3 is 10.1 Å². The standard InChI is InChI=1S/C18H18N2O2S/c1-18(2,3)20-17(21)22-14-7-5-9-16(11-14)23-15-8-4-6-13(10-15)12-19/h4-11H,1-3H3,(H,20,21). The molecule has 0 bridgehead atoms. The van der Waals surface area contributed by atoms with Crippen molar-refractivity contribution in [1.82, 2.24) is 5.32 Å². The van der Waals surface area contributed by atoms with Gasteiger partial charge in [0.25, 0.3) is 0 Å². The summed E-state index contributed by atoms with van der Waals surface area (Å²) in [5.74, 6) is 0.480. The van der Waals surface area contributed by atoms with E-state index < -0.39 is 6.09 Å². The van der Waals surface area contributed by atoms with E-state index in [4.69, 9.17) is 10.00 Å². The topological polar surface area (TPSA) is 62.1 Å². The van der Waals surface area contributed by atoms with Gasteiger partial charge in [-0.3, -0.25) is 0 Å². The third-order valence-corrected chi connectivity index (χ3v) is 3.67. The van der Waals surface area contributed by atoms with Crippen LogP contribution in [-0.2, 0) is 0 Å². The molecule has 23 heavy (non-hydrogen) atoms. The Hall–Kier alpha value is -2.45. The summed E-state index contributed by atoms with van der Waals surface area (Å²) < 4.78 is 5.30. The summed E-state index contributed by atoms with van der Waals surface area (Å²) in [5, 5.41) is 11.7. The Morgan fingerprint density at radius 1 is 1.13 bits per heavy atom. The maximum atomic E-state index is 11.8. The molecule has 0 spiro atoms. The van der Waals surface area contributed by atoms with E-state index in [9.17, 15) is 4.79 Å². The van der Waals surface area contributed by atoms with Gasteiger partial charge >= 0.3 is 6.09 Å². The van der Waals surface area contributed by atoms with E-state index in [1.165, 1.54) is 11.8 Å². The zero-order chi connectivity index (χ0) is 16.9. The maximum Gasteiger partial charge on any atom is 0.413 e.